The Morgan fingerprint density at radius 1 is 1.26 bits per heavy atom. The fraction of sp³-hybridized carbons (Fsp3) is 0.600. The van der Waals surface area contributed by atoms with Crippen LogP contribution in [0.1, 0.15) is 26.3 Å². The SMILES string of the molecule is COc1ccc(CC(O)C(OC)C(C)(C)C)cc1F. The van der Waals surface area contributed by atoms with Crippen LogP contribution >= 0.6 is 0 Å². The molecule has 0 heterocycles. The van der Waals surface area contributed by atoms with Gasteiger partial charge in [-0.2, -0.15) is 0 Å². The van der Waals surface area contributed by atoms with Crippen molar-refractivity contribution in [2.45, 2.75) is 39.4 Å². The minimum Gasteiger partial charge on any atom is -0.494 e. The van der Waals surface area contributed by atoms with E-state index in [9.17, 15) is 9.50 Å². The van der Waals surface area contributed by atoms with Crippen LogP contribution in [0.2, 0.25) is 0 Å². The van der Waals surface area contributed by atoms with Crippen molar-refractivity contribution in [1.82, 2.24) is 0 Å². The first-order valence-corrected chi connectivity index (χ1v) is 6.33. The average molecular weight is 270 g/mol. The van der Waals surface area contributed by atoms with Gasteiger partial charge in [0.25, 0.3) is 0 Å². The molecule has 0 spiro atoms. The summed E-state index contributed by atoms with van der Waals surface area (Å²) in [5.41, 5.74) is 0.538. The number of benzene rings is 1. The van der Waals surface area contributed by atoms with Crippen molar-refractivity contribution < 1.29 is 19.0 Å². The van der Waals surface area contributed by atoms with E-state index in [2.05, 4.69) is 0 Å². The maximum Gasteiger partial charge on any atom is 0.165 e. The molecule has 0 aliphatic carbocycles. The second-order valence-electron chi connectivity index (χ2n) is 5.76. The molecular weight excluding hydrogens is 247 g/mol. The first-order chi connectivity index (χ1) is 8.79. The molecule has 108 valence electrons. The number of ether oxygens (including phenoxy) is 2. The molecule has 0 aliphatic rings. The number of aliphatic hydroxyl groups excluding tert-OH is 1. The summed E-state index contributed by atoms with van der Waals surface area (Å²) in [6, 6.07) is 4.70. The summed E-state index contributed by atoms with van der Waals surface area (Å²) in [4.78, 5) is 0. The molecule has 2 atom stereocenters. The molecule has 0 bridgehead atoms. The van der Waals surface area contributed by atoms with Gasteiger partial charge in [-0.25, -0.2) is 4.39 Å². The van der Waals surface area contributed by atoms with Gasteiger partial charge >= 0.3 is 0 Å². The highest BCUT2D eigenvalue weighted by Gasteiger charge is 2.31. The van der Waals surface area contributed by atoms with Gasteiger partial charge in [0.1, 0.15) is 0 Å². The van der Waals surface area contributed by atoms with Crippen LogP contribution in [0.4, 0.5) is 4.39 Å². The Hall–Kier alpha value is -1.13. The molecule has 1 aromatic carbocycles. The highest BCUT2D eigenvalue weighted by atomic mass is 19.1. The van der Waals surface area contributed by atoms with Gasteiger partial charge in [-0.1, -0.05) is 26.8 Å². The van der Waals surface area contributed by atoms with Crippen molar-refractivity contribution in [2.24, 2.45) is 5.41 Å². The molecule has 0 aromatic heterocycles. The van der Waals surface area contributed by atoms with Crippen LogP contribution in [0, 0.1) is 11.2 Å². The summed E-state index contributed by atoms with van der Waals surface area (Å²) in [7, 11) is 3.00. The largest absolute Gasteiger partial charge is 0.494 e. The first kappa shape index (κ1) is 15.9. The molecule has 0 saturated heterocycles. The summed E-state index contributed by atoms with van der Waals surface area (Å²) in [5, 5.41) is 10.2. The first-order valence-electron chi connectivity index (χ1n) is 6.33. The summed E-state index contributed by atoms with van der Waals surface area (Å²) >= 11 is 0. The Bertz CT molecular complexity index is 412. The minimum atomic E-state index is -0.683. The van der Waals surface area contributed by atoms with Gasteiger partial charge in [-0.15, -0.1) is 0 Å². The maximum atomic E-state index is 13.6. The predicted octanol–water partition coefficient (Wildman–Crippen LogP) is 2.80. The van der Waals surface area contributed by atoms with E-state index in [-0.39, 0.29) is 17.3 Å². The van der Waals surface area contributed by atoms with Gasteiger partial charge in [0.2, 0.25) is 0 Å². The van der Waals surface area contributed by atoms with Crippen molar-refractivity contribution in [1.29, 1.82) is 0 Å². The number of hydrogen-bond acceptors (Lipinski definition) is 3. The van der Waals surface area contributed by atoms with Crippen LogP contribution in [0.15, 0.2) is 18.2 Å². The Balaban J connectivity index is 2.81. The highest BCUT2D eigenvalue weighted by Crippen LogP contribution is 2.27. The summed E-state index contributed by atoms with van der Waals surface area (Å²) < 4.78 is 23.8. The standard InChI is InChI=1S/C15H23FO3/c1-15(2,3)14(19-5)12(17)9-10-6-7-13(18-4)11(16)8-10/h6-8,12,14,17H,9H2,1-5H3. The van der Waals surface area contributed by atoms with E-state index in [0.717, 1.165) is 5.56 Å². The quantitative estimate of drug-likeness (QED) is 0.894. The number of methoxy groups -OCH3 is 2. The molecule has 3 nitrogen and oxygen atoms in total. The van der Waals surface area contributed by atoms with Gasteiger partial charge in [-0.3, -0.25) is 0 Å². The molecule has 1 rings (SSSR count). The molecule has 0 aliphatic heterocycles. The molecule has 2 unspecified atom stereocenters. The van der Waals surface area contributed by atoms with E-state index < -0.39 is 11.9 Å². The minimum absolute atomic E-state index is 0.181. The second-order valence-corrected chi connectivity index (χ2v) is 5.76. The van der Waals surface area contributed by atoms with E-state index >= 15 is 0 Å². The highest BCUT2D eigenvalue weighted by molar-refractivity contribution is 5.29. The van der Waals surface area contributed by atoms with E-state index in [1.807, 2.05) is 20.8 Å². The predicted molar refractivity (Wildman–Crippen MR) is 72.9 cm³/mol. The summed E-state index contributed by atoms with van der Waals surface area (Å²) in [6.07, 6.45) is -0.646. The van der Waals surface area contributed by atoms with Crippen LogP contribution in [0.25, 0.3) is 0 Å². The molecule has 4 heteroatoms. The van der Waals surface area contributed by atoms with Crippen molar-refractivity contribution in [3.63, 3.8) is 0 Å². The van der Waals surface area contributed by atoms with Crippen molar-refractivity contribution >= 4 is 0 Å². The van der Waals surface area contributed by atoms with Crippen molar-refractivity contribution in [3.8, 4) is 5.75 Å². The molecule has 0 saturated carbocycles. The Morgan fingerprint density at radius 3 is 2.32 bits per heavy atom. The van der Waals surface area contributed by atoms with Gasteiger partial charge in [0.05, 0.1) is 19.3 Å². The molecular formula is C15H23FO3. The van der Waals surface area contributed by atoms with E-state index in [1.54, 1.807) is 19.2 Å². The molecule has 0 fully saturated rings. The fourth-order valence-electron chi connectivity index (χ4n) is 2.27. The van der Waals surface area contributed by atoms with Gasteiger partial charge in [0.15, 0.2) is 11.6 Å². The maximum absolute atomic E-state index is 13.6. The lowest BCUT2D eigenvalue weighted by molar-refractivity contribution is -0.0699. The zero-order valence-corrected chi connectivity index (χ0v) is 12.2. The van der Waals surface area contributed by atoms with Crippen LogP contribution in [0.3, 0.4) is 0 Å². The lowest BCUT2D eigenvalue weighted by Gasteiger charge is -2.33. The molecule has 0 amide bonds. The average Bonchev–Trinajstić information content (AvgIpc) is 2.28. The van der Waals surface area contributed by atoms with Crippen molar-refractivity contribution in [2.75, 3.05) is 14.2 Å². The smallest absolute Gasteiger partial charge is 0.165 e. The number of aliphatic hydroxyl groups is 1. The summed E-state index contributed by atoms with van der Waals surface area (Å²) in [5.74, 6) is -0.214. The zero-order chi connectivity index (χ0) is 14.6. The van der Waals surface area contributed by atoms with Crippen LogP contribution in [-0.2, 0) is 11.2 Å². The summed E-state index contributed by atoms with van der Waals surface area (Å²) in [6.45, 7) is 6.00. The van der Waals surface area contributed by atoms with E-state index in [0.29, 0.717) is 6.42 Å². The topological polar surface area (TPSA) is 38.7 Å². The van der Waals surface area contributed by atoms with E-state index in [4.69, 9.17) is 9.47 Å². The van der Waals surface area contributed by atoms with Crippen LogP contribution in [0.5, 0.6) is 5.75 Å². The zero-order valence-electron chi connectivity index (χ0n) is 12.2. The third-order valence-corrected chi connectivity index (χ3v) is 3.12. The van der Waals surface area contributed by atoms with Crippen molar-refractivity contribution in [3.05, 3.63) is 29.6 Å². The van der Waals surface area contributed by atoms with Crippen LogP contribution in [-0.4, -0.2) is 31.5 Å². The Morgan fingerprint density at radius 2 is 1.89 bits per heavy atom. The fourth-order valence-corrected chi connectivity index (χ4v) is 2.27. The lowest BCUT2D eigenvalue weighted by atomic mass is 9.84. The van der Waals surface area contributed by atoms with Gasteiger partial charge < -0.3 is 14.6 Å². The van der Waals surface area contributed by atoms with E-state index in [1.165, 1.54) is 13.2 Å². The molecule has 1 aromatic rings. The molecule has 1 N–H and O–H groups in total. The normalized spacial score (nSPS) is 15.1. The second kappa shape index (κ2) is 6.35. The number of rotatable bonds is 5. The van der Waals surface area contributed by atoms with Gasteiger partial charge in [0, 0.05) is 13.5 Å². The Kier molecular flexibility index (Phi) is 5.32. The van der Waals surface area contributed by atoms with Crippen LogP contribution < -0.4 is 4.74 Å². The van der Waals surface area contributed by atoms with Gasteiger partial charge in [-0.05, 0) is 23.1 Å². The molecule has 19 heavy (non-hydrogen) atoms. The third kappa shape index (κ3) is 4.18. The Labute approximate surface area is 114 Å². The number of halogens is 1. The molecule has 0 radical (unpaired) electrons. The number of hydrogen-bond donors (Lipinski definition) is 1. The lowest BCUT2D eigenvalue weighted by Crippen LogP contribution is -2.40. The third-order valence-electron chi connectivity index (χ3n) is 3.12. The monoisotopic (exact) mass is 270 g/mol.